The average Bonchev–Trinajstić information content (AvgIpc) is 2.18. The lowest BCUT2D eigenvalue weighted by Crippen LogP contribution is -2.13. The molecule has 0 aliphatic heterocycles. The predicted molar refractivity (Wildman–Crippen MR) is 71.4 cm³/mol. The minimum Gasteiger partial charge on any atom is -0.495 e. The average molecular weight is 275 g/mol. The van der Waals surface area contributed by atoms with Gasteiger partial charge < -0.3 is 4.74 Å². The van der Waals surface area contributed by atoms with Crippen LogP contribution in [0.25, 0.3) is 0 Å². The number of carbonyl (C=O) groups excluding carboxylic acids is 1. The maximum absolute atomic E-state index is 12.0. The smallest absolute Gasteiger partial charge is 0.164 e. The Balaban J connectivity index is 3.07. The second-order valence-corrected chi connectivity index (χ2v) is 5.94. The molecule has 2 nitrogen and oxygen atoms in total. The highest BCUT2D eigenvalue weighted by Crippen LogP contribution is 2.33. The molecular formula is C13H16Cl2O2. The fraction of sp³-hybridized carbons (Fsp3) is 0.462. The molecular weight excluding hydrogens is 259 g/mol. The lowest BCUT2D eigenvalue weighted by atomic mass is 9.88. The molecule has 0 saturated heterocycles. The van der Waals surface area contributed by atoms with E-state index in [1.165, 1.54) is 7.11 Å². The normalized spacial score (nSPS) is 11.4. The van der Waals surface area contributed by atoms with Crippen molar-refractivity contribution in [3.05, 3.63) is 27.7 Å². The highest BCUT2D eigenvalue weighted by Gasteiger charge is 2.20. The molecule has 1 aromatic carbocycles. The Morgan fingerprint density at radius 3 is 2.29 bits per heavy atom. The molecule has 0 N–H and O–H groups in total. The summed E-state index contributed by atoms with van der Waals surface area (Å²) < 4.78 is 5.03. The number of methoxy groups -OCH3 is 1. The quantitative estimate of drug-likeness (QED) is 0.752. The van der Waals surface area contributed by atoms with E-state index >= 15 is 0 Å². The summed E-state index contributed by atoms with van der Waals surface area (Å²) >= 11 is 12.0. The van der Waals surface area contributed by atoms with Crippen molar-refractivity contribution in [2.75, 3.05) is 7.11 Å². The molecule has 0 aliphatic rings. The van der Waals surface area contributed by atoms with Crippen LogP contribution in [0.5, 0.6) is 5.75 Å². The number of benzene rings is 1. The summed E-state index contributed by atoms with van der Waals surface area (Å²) in [6.45, 7) is 6.01. The SMILES string of the molecule is COc1cc(Cl)c(C(=O)CC(C)(C)C)cc1Cl. The number of carbonyl (C=O) groups is 1. The van der Waals surface area contributed by atoms with E-state index in [1.807, 2.05) is 20.8 Å². The van der Waals surface area contributed by atoms with Gasteiger partial charge in [-0.15, -0.1) is 0 Å². The van der Waals surface area contributed by atoms with Crippen LogP contribution in [0.2, 0.25) is 10.0 Å². The second-order valence-electron chi connectivity index (χ2n) is 5.13. The molecule has 0 radical (unpaired) electrons. The van der Waals surface area contributed by atoms with Crippen LogP contribution in [-0.2, 0) is 0 Å². The van der Waals surface area contributed by atoms with E-state index in [0.29, 0.717) is 27.8 Å². The third kappa shape index (κ3) is 3.90. The van der Waals surface area contributed by atoms with Crippen molar-refractivity contribution in [2.24, 2.45) is 5.41 Å². The van der Waals surface area contributed by atoms with Gasteiger partial charge in [-0.3, -0.25) is 4.79 Å². The number of halogens is 2. The summed E-state index contributed by atoms with van der Waals surface area (Å²) in [6, 6.07) is 3.14. The van der Waals surface area contributed by atoms with Crippen molar-refractivity contribution in [3.63, 3.8) is 0 Å². The molecule has 0 amide bonds. The molecule has 1 aromatic rings. The van der Waals surface area contributed by atoms with Crippen molar-refractivity contribution >= 4 is 29.0 Å². The van der Waals surface area contributed by atoms with Gasteiger partial charge in [-0.1, -0.05) is 44.0 Å². The number of ether oxygens (including phenoxy) is 1. The van der Waals surface area contributed by atoms with E-state index in [4.69, 9.17) is 27.9 Å². The second kappa shape index (κ2) is 5.28. The van der Waals surface area contributed by atoms with Crippen LogP contribution < -0.4 is 4.74 Å². The Morgan fingerprint density at radius 2 is 1.82 bits per heavy atom. The summed E-state index contributed by atoms with van der Waals surface area (Å²) in [6.07, 6.45) is 0.426. The molecule has 0 fully saturated rings. The molecule has 0 heterocycles. The van der Waals surface area contributed by atoms with Crippen LogP contribution in [0.4, 0.5) is 0 Å². The van der Waals surface area contributed by atoms with Gasteiger partial charge in [0.2, 0.25) is 0 Å². The lowest BCUT2D eigenvalue weighted by molar-refractivity contribution is 0.0940. The van der Waals surface area contributed by atoms with Gasteiger partial charge in [-0.05, 0) is 11.5 Å². The fourth-order valence-corrected chi connectivity index (χ4v) is 1.98. The van der Waals surface area contributed by atoms with Crippen molar-refractivity contribution in [1.82, 2.24) is 0 Å². The Morgan fingerprint density at radius 1 is 1.24 bits per heavy atom. The first-order valence-corrected chi connectivity index (χ1v) is 6.06. The number of ketones is 1. The summed E-state index contributed by atoms with van der Waals surface area (Å²) in [5.41, 5.74) is 0.375. The molecule has 1 rings (SSSR count). The van der Waals surface area contributed by atoms with E-state index in [2.05, 4.69) is 0 Å². The van der Waals surface area contributed by atoms with E-state index < -0.39 is 0 Å². The summed E-state index contributed by atoms with van der Waals surface area (Å²) in [5, 5.41) is 0.773. The Bertz CT molecular complexity index is 434. The minimum atomic E-state index is -0.0766. The maximum atomic E-state index is 12.0. The number of rotatable bonds is 3. The first-order valence-electron chi connectivity index (χ1n) is 5.31. The Hall–Kier alpha value is -0.730. The molecule has 94 valence electrons. The van der Waals surface area contributed by atoms with E-state index in [1.54, 1.807) is 12.1 Å². The molecule has 0 aromatic heterocycles. The van der Waals surface area contributed by atoms with Gasteiger partial charge in [0.15, 0.2) is 5.78 Å². The third-order valence-corrected chi connectivity index (χ3v) is 2.84. The summed E-state index contributed by atoms with van der Waals surface area (Å²) in [5.74, 6) is 0.469. The standard InChI is InChI=1S/C13H16Cl2O2/c1-13(2,3)7-11(16)8-5-10(15)12(17-4)6-9(8)14/h5-6H,7H2,1-4H3. The largest absolute Gasteiger partial charge is 0.495 e. The van der Waals surface area contributed by atoms with Crippen LogP contribution in [0.3, 0.4) is 0 Å². The predicted octanol–water partition coefficient (Wildman–Crippen LogP) is 4.62. The lowest BCUT2D eigenvalue weighted by Gasteiger charge is -2.17. The third-order valence-electron chi connectivity index (χ3n) is 2.23. The van der Waals surface area contributed by atoms with E-state index in [0.717, 1.165) is 0 Å². The topological polar surface area (TPSA) is 26.3 Å². The zero-order chi connectivity index (χ0) is 13.2. The zero-order valence-corrected chi connectivity index (χ0v) is 11.9. The highest BCUT2D eigenvalue weighted by molar-refractivity contribution is 6.36. The monoisotopic (exact) mass is 274 g/mol. The molecule has 17 heavy (non-hydrogen) atoms. The molecule has 0 spiro atoms. The fourth-order valence-electron chi connectivity index (χ4n) is 1.48. The van der Waals surface area contributed by atoms with Crippen LogP contribution in [0.1, 0.15) is 37.6 Å². The van der Waals surface area contributed by atoms with Crippen molar-refractivity contribution in [3.8, 4) is 5.75 Å². The van der Waals surface area contributed by atoms with Gasteiger partial charge in [0.25, 0.3) is 0 Å². The highest BCUT2D eigenvalue weighted by atomic mass is 35.5. The molecule has 0 saturated carbocycles. The van der Waals surface area contributed by atoms with Crippen LogP contribution in [0.15, 0.2) is 12.1 Å². The van der Waals surface area contributed by atoms with Crippen molar-refractivity contribution in [2.45, 2.75) is 27.2 Å². The molecule has 0 aliphatic carbocycles. The van der Waals surface area contributed by atoms with Gasteiger partial charge in [0.05, 0.1) is 17.2 Å². The Labute approximate surface area is 112 Å². The Kier molecular flexibility index (Phi) is 4.45. The summed E-state index contributed by atoms with van der Waals surface area (Å²) in [7, 11) is 1.51. The molecule has 4 heteroatoms. The number of Topliss-reactive ketones (excluding diaryl/α,β-unsaturated/α-hetero) is 1. The van der Waals surface area contributed by atoms with Gasteiger partial charge in [0.1, 0.15) is 5.75 Å². The van der Waals surface area contributed by atoms with Gasteiger partial charge in [0, 0.05) is 18.1 Å². The number of hydrogen-bond acceptors (Lipinski definition) is 2. The maximum Gasteiger partial charge on any atom is 0.164 e. The summed E-state index contributed by atoms with van der Waals surface area (Å²) in [4.78, 5) is 12.0. The van der Waals surface area contributed by atoms with Crippen molar-refractivity contribution < 1.29 is 9.53 Å². The molecule has 0 unspecified atom stereocenters. The van der Waals surface area contributed by atoms with Gasteiger partial charge in [-0.25, -0.2) is 0 Å². The zero-order valence-electron chi connectivity index (χ0n) is 10.4. The van der Waals surface area contributed by atoms with Crippen LogP contribution in [-0.4, -0.2) is 12.9 Å². The van der Waals surface area contributed by atoms with Crippen molar-refractivity contribution in [1.29, 1.82) is 0 Å². The van der Waals surface area contributed by atoms with Crippen LogP contribution >= 0.6 is 23.2 Å². The van der Waals surface area contributed by atoms with E-state index in [-0.39, 0.29) is 11.2 Å². The van der Waals surface area contributed by atoms with Crippen LogP contribution in [0, 0.1) is 5.41 Å². The minimum absolute atomic E-state index is 0.00736. The number of hydrogen-bond donors (Lipinski definition) is 0. The van der Waals surface area contributed by atoms with Gasteiger partial charge in [-0.2, -0.15) is 0 Å². The first-order chi connectivity index (χ1) is 7.74. The first kappa shape index (κ1) is 14.3. The van der Waals surface area contributed by atoms with Gasteiger partial charge >= 0.3 is 0 Å². The molecule has 0 bridgehead atoms. The van der Waals surface area contributed by atoms with E-state index in [9.17, 15) is 4.79 Å². The molecule has 0 atom stereocenters.